The van der Waals surface area contributed by atoms with E-state index in [1.165, 1.54) is 6.42 Å². The van der Waals surface area contributed by atoms with Gasteiger partial charge in [0.05, 0.1) is 38.2 Å². The Morgan fingerprint density at radius 3 is 2.74 bits per heavy atom. The Morgan fingerprint density at radius 2 is 2.15 bits per heavy atom. The Balaban J connectivity index is 0.000000321. The van der Waals surface area contributed by atoms with Crippen molar-refractivity contribution in [1.29, 1.82) is 0 Å². The Hall–Kier alpha value is -1.84. The van der Waals surface area contributed by atoms with Crippen LogP contribution in [0.15, 0.2) is 35.5 Å². The summed E-state index contributed by atoms with van der Waals surface area (Å²) in [6.45, 7) is 6.95. The number of furan rings is 1. The molecule has 152 valence electrons. The van der Waals surface area contributed by atoms with Crippen molar-refractivity contribution in [3.05, 3.63) is 36.8 Å². The fourth-order valence-corrected chi connectivity index (χ4v) is 3.29. The summed E-state index contributed by atoms with van der Waals surface area (Å²) in [7, 11) is 0. The first-order chi connectivity index (χ1) is 12.8. The molecule has 6 nitrogen and oxygen atoms in total. The molecule has 0 unspecified atom stereocenters. The highest BCUT2D eigenvalue weighted by molar-refractivity contribution is 5.73. The van der Waals surface area contributed by atoms with E-state index in [2.05, 4.69) is 11.5 Å². The van der Waals surface area contributed by atoms with E-state index in [9.17, 15) is 13.2 Å². The standard InChI is InChI=1S/C16H23NO3.C2HF3O2/c1-2-9-18-12-14-5-6-15-16(20-14)7-8-17(15)11-13-4-3-10-19-13;3-2(4,5)1(6)7/h2-4,10,14-16H,1,5-9,11-12H2;(H,6,7)/t14-,15-,16-;/m1./s1. The molecule has 2 fully saturated rings. The van der Waals surface area contributed by atoms with Crippen LogP contribution in [0.1, 0.15) is 25.0 Å². The lowest BCUT2D eigenvalue weighted by Gasteiger charge is -2.35. The lowest BCUT2D eigenvalue weighted by atomic mass is 9.99. The van der Waals surface area contributed by atoms with Crippen molar-refractivity contribution in [1.82, 2.24) is 4.90 Å². The zero-order valence-corrected chi connectivity index (χ0v) is 14.9. The molecule has 0 bridgehead atoms. The SMILES string of the molecule is C=CCOC[C@H]1CC[C@@H]2[C@@H](CCN2Cc2ccco2)O1.O=C(O)C(F)(F)F. The van der Waals surface area contributed by atoms with Gasteiger partial charge in [0.1, 0.15) is 5.76 Å². The number of fused-ring (bicyclic) bond motifs is 1. The van der Waals surface area contributed by atoms with Crippen LogP contribution >= 0.6 is 0 Å². The average Bonchev–Trinajstić information content (AvgIpc) is 3.25. The molecule has 1 N–H and O–H groups in total. The van der Waals surface area contributed by atoms with Gasteiger partial charge in [-0.15, -0.1) is 6.58 Å². The van der Waals surface area contributed by atoms with Crippen LogP contribution in [0.2, 0.25) is 0 Å². The molecule has 3 atom stereocenters. The maximum Gasteiger partial charge on any atom is 0.490 e. The summed E-state index contributed by atoms with van der Waals surface area (Å²) in [6.07, 6.45) is 2.43. The van der Waals surface area contributed by atoms with Gasteiger partial charge in [0.2, 0.25) is 0 Å². The Bertz CT molecular complexity index is 590. The fourth-order valence-electron chi connectivity index (χ4n) is 3.29. The highest BCUT2D eigenvalue weighted by Gasteiger charge is 2.40. The molecular weight excluding hydrogens is 367 g/mol. The lowest BCUT2D eigenvalue weighted by molar-refractivity contribution is -0.192. The highest BCUT2D eigenvalue weighted by Crippen LogP contribution is 2.32. The van der Waals surface area contributed by atoms with E-state index in [4.69, 9.17) is 23.8 Å². The van der Waals surface area contributed by atoms with Crippen molar-refractivity contribution in [3.63, 3.8) is 0 Å². The Labute approximate surface area is 155 Å². The van der Waals surface area contributed by atoms with E-state index in [1.807, 2.05) is 12.1 Å². The third-order valence-electron chi connectivity index (χ3n) is 4.47. The molecule has 1 aromatic rings. The largest absolute Gasteiger partial charge is 0.490 e. The molecule has 9 heteroatoms. The Kier molecular flexibility index (Phi) is 7.88. The molecular formula is C18H24F3NO5. The van der Waals surface area contributed by atoms with Gasteiger partial charge in [-0.25, -0.2) is 4.79 Å². The van der Waals surface area contributed by atoms with Crippen molar-refractivity contribution < 1.29 is 37.0 Å². The smallest absolute Gasteiger partial charge is 0.475 e. The number of aliphatic carboxylic acids is 1. The van der Waals surface area contributed by atoms with E-state index < -0.39 is 12.1 Å². The minimum absolute atomic E-state index is 0.250. The van der Waals surface area contributed by atoms with E-state index in [-0.39, 0.29) is 6.10 Å². The summed E-state index contributed by atoms with van der Waals surface area (Å²) in [5.74, 6) is -1.71. The van der Waals surface area contributed by atoms with Crippen LogP contribution in [0.25, 0.3) is 0 Å². The molecule has 0 amide bonds. The summed E-state index contributed by atoms with van der Waals surface area (Å²) >= 11 is 0. The monoisotopic (exact) mass is 391 g/mol. The molecule has 0 saturated carbocycles. The summed E-state index contributed by atoms with van der Waals surface area (Å²) in [4.78, 5) is 11.4. The van der Waals surface area contributed by atoms with E-state index in [0.717, 1.165) is 31.7 Å². The minimum atomic E-state index is -5.08. The van der Waals surface area contributed by atoms with Crippen molar-refractivity contribution >= 4 is 5.97 Å². The summed E-state index contributed by atoms with van der Waals surface area (Å²) in [5.41, 5.74) is 0. The van der Waals surface area contributed by atoms with Crippen LogP contribution in [-0.2, 0) is 20.8 Å². The number of halogens is 3. The second kappa shape index (κ2) is 9.91. The van der Waals surface area contributed by atoms with Gasteiger partial charge in [0.15, 0.2) is 0 Å². The van der Waals surface area contributed by atoms with Crippen molar-refractivity contribution in [3.8, 4) is 0 Å². The molecule has 3 rings (SSSR count). The Morgan fingerprint density at radius 1 is 1.41 bits per heavy atom. The number of alkyl halides is 3. The summed E-state index contributed by atoms with van der Waals surface area (Å²) in [5, 5.41) is 7.12. The molecule has 0 aromatic carbocycles. The first-order valence-corrected chi connectivity index (χ1v) is 8.72. The van der Waals surface area contributed by atoms with Gasteiger partial charge in [0, 0.05) is 12.6 Å². The number of carboxylic acid groups (broad SMARTS) is 1. The quantitative estimate of drug-likeness (QED) is 0.593. The zero-order valence-electron chi connectivity index (χ0n) is 14.9. The summed E-state index contributed by atoms with van der Waals surface area (Å²) < 4.78 is 48.9. The van der Waals surface area contributed by atoms with Crippen LogP contribution in [0, 0.1) is 0 Å². The molecule has 27 heavy (non-hydrogen) atoms. The van der Waals surface area contributed by atoms with E-state index in [0.29, 0.717) is 25.4 Å². The maximum absolute atomic E-state index is 10.6. The van der Waals surface area contributed by atoms with Crippen molar-refractivity contribution in [2.45, 2.75) is 50.2 Å². The van der Waals surface area contributed by atoms with Crippen LogP contribution < -0.4 is 0 Å². The first-order valence-electron chi connectivity index (χ1n) is 8.72. The highest BCUT2D eigenvalue weighted by atomic mass is 19.4. The number of rotatable bonds is 6. The molecule has 1 aromatic heterocycles. The van der Waals surface area contributed by atoms with Gasteiger partial charge in [0.25, 0.3) is 0 Å². The maximum atomic E-state index is 10.6. The van der Waals surface area contributed by atoms with Gasteiger partial charge in [-0.2, -0.15) is 13.2 Å². The zero-order chi connectivity index (χ0) is 19.9. The molecule has 2 aliphatic heterocycles. The number of ether oxygens (including phenoxy) is 2. The predicted octanol–water partition coefficient (Wildman–Crippen LogP) is 3.24. The van der Waals surface area contributed by atoms with Gasteiger partial charge in [-0.05, 0) is 31.4 Å². The van der Waals surface area contributed by atoms with Gasteiger partial charge in [-0.3, -0.25) is 4.90 Å². The molecule has 0 aliphatic carbocycles. The molecule has 3 heterocycles. The number of nitrogens with zero attached hydrogens (tertiary/aromatic N) is 1. The van der Waals surface area contributed by atoms with Crippen molar-refractivity contribution in [2.24, 2.45) is 0 Å². The van der Waals surface area contributed by atoms with Crippen LogP contribution in [0.5, 0.6) is 0 Å². The van der Waals surface area contributed by atoms with Crippen molar-refractivity contribution in [2.75, 3.05) is 19.8 Å². The predicted molar refractivity (Wildman–Crippen MR) is 90.1 cm³/mol. The first kappa shape index (κ1) is 21.5. The number of carboxylic acids is 1. The molecule has 2 saturated heterocycles. The molecule has 2 aliphatic rings. The number of likely N-dealkylation sites (tertiary alicyclic amines) is 1. The topological polar surface area (TPSA) is 72.1 Å². The lowest BCUT2D eigenvalue weighted by Crippen LogP contribution is -2.43. The molecule has 0 radical (unpaired) electrons. The van der Waals surface area contributed by atoms with Gasteiger partial charge < -0.3 is 19.0 Å². The van der Waals surface area contributed by atoms with Crippen LogP contribution in [-0.4, -0.2) is 60.2 Å². The van der Waals surface area contributed by atoms with E-state index >= 15 is 0 Å². The minimum Gasteiger partial charge on any atom is -0.475 e. The number of hydrogen-bond acceptors (Lipinski definition) is 5. The van der Waals surface area contributed by atoms with Crippen LogP contribution in [0.3, 0.4) is 0 Å². The van der Waals surface area contributed by atoms with E-state index in [1.54, 1.807) is 12.3 Å². The average molecular weight is 391 g/mol. The fraction of sp³-hybridized carbons (Fsp3) is 0.611. The normalized spacial score (nSPS) is 25.4. The van der Waals surface area contributed by atoms with Crippen LogP contribution in [0.4, 0.5) is 13.2 Å². The third-order valence-corrected chi connectivity index (χ3v) is 4.47. The summed E-state index contributed by atoms with van der Waals surface area (Å²) in [6, 6.07) is 4.53. The van der Waals surface area contributed by atoms with Gasteiger partial charge in [-0.1, -0.05) is 6.08 Å². The number of carbonyl (C=O) groups is 1. The number of hydrogen-bond donors (Lipinski definition) is 1. The second-order valence-corrected chi connectivity index (χ2v) is 6.41. The van der Waals surface area contributed by atoms with Gasteiger partial charge >= 0.3 is 12.1 Å². The third kappa shape index (κ3) is 6.67. The molecule has 0 spiro atoms. The second-order valence-electron chi connectivity index (χ2n) is 6.41.